The molecule has 142 valence electrons. The average molecular weight is 454 g/mol. The molecule has 1 fully saturated rings. The van der Waals surface area contributed by atoms with Crippen LogP contribution >= 0.6 is 24.0 Å². The van der Waals surface area contributed by atoms with Gasteiger partial charge in [0.05, 0.1) is 19.1 Å². The Labute approximate surface area is 164 Å². The third-order valence-corrected chi connectivity index (χ3v) is 4.27. The lowest BCUT2D eigenvalue weighted by atomic mass is 9.98. The Bertz CT molecular complexity index is 391. The van der Waals surface area contributed by atoms with Gasteiger partial charge in [-0.2, -0.15) is 0 Å². The molecule has 1 unspecified atom stereocenters. The summed E-state index contributed by atoms with van der Waals surface area (Å²) in [5, 5.41) is 3.35. The molecular formula is C17H35IN4O2. The van der Waals surface area contributed by atoms with Crippen molar-refractivity contribution in [2.75, 3.05) is 46.4 Å². The number of likely N-dealkylation sites (N-methyl/N-ethyl adjacent to an activating group) is 1. The van der Waals surface area contributed by atoms with E-state index in [1.165, 1.54) is 0 Å². The van der Waals surface area contributed by atoms with Crippen molar-refractivity contribution in [2.24, 2.45) is 10.9 Å². The first kappa shape index (κ1) is 23.4. The van der Waals surface area contributed by atoms with Crippen molar-refractivity contribution in [3.05, 3.63) is 0 Å². The summed E-state index contributed by atoms with van der Waals surface area (Å²) in [5.74, 6) is 0.803. The van der Waals surface area contributed by atoms with E-state index in [4.69, 9.17) is 9.73 Å². The van der Waals surface area contributed by atoms with E-state index in [0.29, 0.717) is 19.2 Å². The van der Waals surface area contributed by atoms with E-state index in [2.05, 4.69) is 42.9 Å². The first-order chi connectivity index (χ1) is 11.0. The Hall–Kier alpha value is -0.570. The highest BCUT2D eigenvalue weighted by molar-refractivity contribution is 14.0. The fraction of sp³-hybridized carbons (Fsp3) is 0.882. The summed E-state index contributed by atoms with van der Waals surface area (Å²) in [6.45, 7) is 12.9. The zero-order valence-electron chi connectivity index (χ0n) is 15.9. The largest absolute Gasteiger partial charge is 0.466 e. The van der Waals surface area contributed by atoms with E-state index in [9.17, 15) is 4.79 Å². The average Bonchev–Trinajstić information content (AvgIpc) is 2.54. The summed E-state index contributed by atoms with van der Waals surface area (Å²) in [5.41, 5.74) is 0. The maximum atomic E-state index is 12.0. The molecule has 0 aliphatic carbocycles. The molecule has 6 nitrogen and oxygen atoms in total. The minimum absolute atomic E-state index is 0. The monoisotopic (exact) mass is 454 g/mol. The second kappa shape index (κ2) is 12.7. The lowest BCUT2D eigenvalue weighted by Gasteiger charge is -2.34. The molecule has 1 N–H and O–H groups in total. The summed E-state index contributed by atoms with van der Waals surface area (Å²) in [7, 11) is 2.12. The van der Waals surface area contributed by atoms with Gasteiger partial charge in [0.25, 0.3) is 0 Å². The number of likely N-dealkylation sites (tertiary alicyclic amines) is 1. The number of esters is 1. The predicted octanol–water partition coefficient (Wildman–Crippen LogP) is 2.19. The van der Waals surface area contributed by atoms with Gasteiger partial charge in [0.1, 0.15) is 0 Å². The smallest absolute Gasteiger partial charge is 0.310 e. The third kappa shape index (κ3) is 8.00. The van der Waals surface area contributed by atoms with Gasteiger partial charge in [-0.1, -0.05) is 0 Å². The quantitative estimate of drug-likeness (QED) is 0.277. The number of aliphatic imine (C=N–C) groups is 1. The number of piperidine rings is 1. The SMILES string of the molecule is CCNC(=NCCN(C)C(C)C)N1CCCC(C(=O)OCC)C1.I. The Morgan fingerprint density at radius 2 is 2.12 bits per heavy atom. The number of nitrogens with zero attached hydrogens (tertiary/aromatic N) is 3. The molecule has 1 atom stereocenters. The van der Waals surface area contributed by atoms with Gasteiger partial charge < -0.3 is 19.9 Å². The summed E-state index contributed by atoms with van der Waals surface area (Å²) in [4.78, 5) is 21.2. The van der Waals surface area contributed by atoms with Gasteiger partial charge in [0.15, 0.2) is 5.96 Å². The van der Waals surface area contributed by atoms with Crippen LogP contribution in [0, 0.1) is 5.92 Å². The van der Waals surface area contributed by atoms with Crippen molar-refractivity contribution >= 4 is 35.9 Å². The zero-order valence-corrected chi connectivity index (χ0v) is 18.2. The molecule has 1 rings (SSSR count). The molecule has 7 heteroatoms. The first-order valence-corrected chi connectivity index (χ1v) is 8.89. The van der Waals surface area contributed by atoms with Crippen LogP contribution in [0.4, 0.5) is 0 Å². The number of carbonyl (C=O) groups excluding carboxylic acids is 1. The van der Waals surface area contributed by atoms with E-state index in [1.807, 2.05) is 6.92 Å². The maximum absolute atomic E-state index is 12.0. The molecule has 24 heavy (non-hydrogen) atoms. The van der Waals surface area contributed by atoms with Gasteiger partial charge in [-0.3, -0.25) is 9.79 Å². The number of guanidine groups is 1. The summed E-state index contributed by atoms with van der Waals surface area (Å²) < 4.78 is 5.18. The molecule has 0 amide bonds. The lowest BCUT2D eigenvalue weighted by Crippen LogP contribution is -2.48. The number of carbonyl (C=O) groups is 1. The van der Waals surface area contributed by atoms with Gasteiger partial charge >= 0.3 is 5.97 Å². The molecule has 1 saturated heterocycles. The Kier molecular flexibility index (Phi) is 12.4. The van der Waals surface area contributed by atoms with E-state index in [0.717, 1.165) is 45.0 Å². The molecule has 0 aromatic carbocycles. The Morgan fingerprint density at radius 1 is 1.42 bits per heavy atom. The third-order valence-electron chi connectivity index (χ3n) is 4.27. The van der Waals surface area contributed by atoms with Gasteiger partial charge in [-0.25, -0.2) is 0 Å². The summed E-state index contributed by atoms with van der Waals surface area (Å²) in [6, 6.07) is 0.524. The minimum atomic E-state index is -0.0763. The second-order valence-corrected chi connectivity index (χ2v) is 6.35. The fourth-order valence-electron chi connectivity index (χ4n) is 2.62. The highest BCUT2D eigenvalue weighted by atomic mass is 127. The summed E-state index contributed by atoms with van der Waals surface area (Å²) >= 11 is 0. The van der Waals surface area contributed by atoms with E-state index < -0.39 is 0 Å². The van der Waals surface area contributed by atoms with Crippen molar-refractivity contribution < 1.29 is 9.53 Å². The van der Waals surface area contributed by atoms with Crippen LogP contribution in [-0.2, 0) is 9.53 Å². The van der Waals surface area contributed by atoms with Crippen LogP contribution in [0.15, 0.2) is 4.99 Å². The topological polar surface area (TPSA) is 57.2 Å². The van der Waals surface area contributed by atoms with Gasteiger partial charge in [-0.05, 0) is 47.6 Å². The molecular weight excluding hydrogens is 419 g/mol. The molecule has 0 aromatic heterocycles. The Balaban J connectivity index is 0.00000529. The zero-order chi connectivity index (χ0) is 17.2. The van der Waals surface area contributed by atoms with Crippen LogP contribution in [0.1, 0.15) is 40.5 Å². The number of hydrogen-bond acceptors (Lipinski definition) is 4. The van der Waals surface area contributed by atoms with Crippen LogP contribution in [-0.4, -0.2) is 74.1 Å². The molecule has 0 saturated carbocycles. The highest BCUT2D eigenvalue weighted by Crippen LogP contribution is 2.18. The van der Waals surface area contributed by atoms with Crippen LogP contribution in [0.5, 0.6) is 0 Å². The van der Waals surface area contributed by atoms with Gasteiger partial charge in [0.2, 0.25) is 0 Å². The van der Waals surface area contributed by atoms with Crippen molar-refractivity contribution in [3.8, 4) is 0 Å². The van der Waals surface area contributed by atoms with E-state index in [1.54, 1.807) is 0 Å². The summed E-state index contributed by atoms with van der Waals surface area (Å²) in [6.07, 6.45) is 1.91. The van der Waals surface area contributed by atoms with Crippen molar-refractivity contribution in [3.63, 3.8) is 0 Å². The Morgan fingerprint density at radius 3 is 2.71 bits per heavy atom. The molecule has 0 radical (unpaired) electrons. The van der Waals surface area contributed by atoms with Crippen LogP contribution in [0.25, 0.3) is 0 Å². The van der Waals surface area contributed by atoms with Crippen LogP contribution in [0.2, 0.25) is 0 Å². The van der Waals surface area contributed by atoms with Crippen LogP contribution in [0.3, 0.4) is 0 Å². The number of rotatable bonds is 7. The van der Waals surface area contributed by atoms with Crippen molar-refractivity contribution in [1.82, 2.24) is 15.1 Å². The molecule has 1 aliphatic heterocycles. The van der Waals surface area contributed by atoms with Gasteiger partial charge in [0, 0.05) is 32.2 Å². The van der Waals surface area contributed by atoms with E-state index >= 15 is 0 Å². The standard InChI is InChI=1S/C17H34N4O2.HI/c1-6-18-17(19-10-12-20(5)14(3)4)21-11-8-9-15(13-21)16(22)23-7-2;/h14-15H,6-13H2,1-5H3,(H,18,19);1H. The number of hydrogen-bond donors (Lipinski definition) is 1. The molecule has 0 aromatic rings. The van der Waals surface area contributed by atoms with Gasteiger partial charge in [-0.15, -0.1) is 24.0 Å². The minimum Gasteiger partial charge on any atom is -0.466 e. The second-order valence-electron chi connectivity index (χ2n) is 6.35. The predicted molar refractivity (Wildman–Crippen MR) is 110 cm³/mol. The lowest BCUT2D eigenvalue weighted by molar-refractivity contribution is -0.149. The van der Waals surface area contributed by atoms with E-state index in [-0.39, 0.29) is 35.9 Å². The number of nitrogens with one attached hydrogen (secondary N) is 1. The van der Waals surface area contributed by atoms with Crippen LogP contribution < -0.4 is 5.32 Å². The normalized spacial score (nSPS) is 18.5. The van der Waals surface area contributed by atoms with Crippen molar-refractivity contribution in [2.45, 2.75) is 46.6 Å². The highest BCUT2D eigenvalue weighted by Gasteiger charge is 2.28. The molecule has 0 bridgehead atoms. The van der Waals surface area contributed by atoms with Crippen molar-refractivity contribution in [1.29, 1.82) is 0 Å². The molecule has 0 spiro atoms. The number of ether oxygens (including phenoxy) is 1. The first-order valence-electron chi connectivity index (χ1n) is 8.89. The fourth-order valence-corrected chi connectivity index (χ4v) is 2.62. The number of halogens is 1. The molecule has 1 heterocycles. The maximum Gasteiger partial charge on any atom is 0.310 e. The molecule has 1 aliphatic rings.